The first-order chi connectivity index (χ1) is 15.3. The highest BCUT2D eigenvalue weighted by Crippen LogP contribution is 2.30. The Labute approximate surface area is 190 Å². The molecule has 172 valence electrons. The highest BCUT2D eigenvalue weighted by molar-refractivity contribution is 5.98. The summed E-state index contributed by atoms with van der Waals surface area (Å²) in [4.78, 5) is 41.0. The Kier molecular flexibility index (Phi) is 6.13. The van der Waals surface area contributed by atoms with Gasteiger partial charge in [0.25, 0.3) is 0 Å². The van der Waals surface area contributed by atoms with Crippen LogP contribution in [-0.2, 0) is 38.5 Å². The molecule has 1 fully saturated rings. The summed E-state index contributed by atoms with van der Waals surface area (Å²) in [6.07, 6.45) is 0.732. The van der Waals surface area contributed by atoms with Gasteiger partial charge in [0.05, 0.1) is 18.7 Å². The molecule has 2 aromatic carbocycles. The van der Waals surface area contributed by atoms with Crippen LogP contribution >= 0.6 is 0 Å². The van der Waals surface area contributed by atoms with Crippen molar-refractivity contribution in [2.75, 3.05) is 6.61 Å². The van der Waals surface area contributed by atoms with E-state index in [4.69, 9.17) is 10.5 Å². The van der Waals surface area contributed by atoms with Crippen molar-refractivity contribution >= 4 is 17.6 Å². The van der Waals surface area contributed by atoms with Gasteiger partial charge in [-0.15, -0.1) is 0 Å². The van der Waals surface area contributed by atoms with Gasteiger partial charge in [-0.25, -0.2) is 0 Å². The number of hydrogen-bond donors (Lipinski definition) is 2. The van der Waals surface area contributed by atoms with E-state index >= 15 is 0 Å². The van der Waals surface area contributed by atoms with Gasteiger partial charge >= 0.3 is 0 Å². The summed E-state index contributed by atoms with van der Waals surface area (Å²) < 4.78 is 5.36. The minimum Gasteiger partial charge on any atom is -0.361 e. The van der Waals surface area contributed by atoms with Gasteiger partial charge in [-0.3, -0.25) is 14.4 Å². The Hall–Kier alpha value is -3.03. The summed E-state index contributed by atoms with van der Waals surface area (Å²) in [6, 6.07) is 15.1. The lowest BCUT2D eigenvalue weighted by Crippen LogP contribution is -2.58. The number of hydrogen-bond acceptors (Lipinski definition) is 5. The maximum absolute atomic E-state index is 13.5. The predicted octanol–water partition coefficient (Wildman–Crippen LogP) is 1.86. The van der Waals surface area contributed by atoms with E-state index in [-0.39, 0.29) is 20.5 Å². The van der Waals surface area contributed by atoms with E-state index in [9.17, 15) is 14.4 Å². The van der Waals surface area contributed by atoms with E-state index in [0.29, 0.717) is 26.0 Å². The molecule has 4 rings (SSSR count). The van der Waals surface area contributed by atoms with Crippen molar-refractivity contribution < 1.29 is 22.0 Å². The highest BCUT2D eigenvalue weighted by Gasteiger charge is 2.50. The number of ether oxygens (including phenoxy) is 1. The molecule has 7 heteroatoms. The van der Waals surface area contributed by atoms with Crippen LogP contribution < -0.4 is 11.1 Å². The molecule has 0 saturated carbocycles. The molecule has 0 radical (unpaired) electrons. The van der Waals surface area contributed by atoms with E-state index in [1.807, 2.05) is 54.6 Å². The van der Waals surface area contributed by atoms with E-state index in [1.54, 1.807) is 13.8 Å². The summed E-state index contributed by atoms with van der Waals surface area (Å²) in [6.45, 7) is 4.01. The highest BCUT2D eigenvalue weighted by atomic mass is 16.6. The Morgan fingerprint density at radius 3 is 2.41 bits per heavy atom. The van der Waals surface area contributed by atoms with Crippen LogP contribution in [-0.4, -0.2) is 52.8 Å². The summed E-state index contributed by atoms with van der Waals surface area (Å²) >= 11 is 0. The van der Waals surface area contributed by atoms with Gasteiger partial charge in [-0.2, -0.15) is 0 Å². The van der Waals surface area contributed by atoms with Gasteiger partial charge in [0.1, 0.15) is 11.6 Å². The Balaban J connectivity index is 0.00000204. The van der Waals surface area contributed by atoms with E-state index < -0.39 is 23.7 Å². The molecule has 2 heterocycles. The molecule has 32 heavy (non-hydrogen) atoms. The van der Waals surface area contributed by atoms with Gasteiger partial charge in [0, 0.05) is 15.8 Å². The van der Waals surface area contributed by atoms with Crippen molar-refractivity contribution in [2.24, 2.45) is 5.73 Å². The number of fused-ring (bicyclic) bond motifs is 1. The molecule has 0 aliphatic carbocycles. The number of rotatable bonds is 7. The topological polar surface area (TPSA) is 105 Å². The maximum Gasteiger partial charge on any atom is 0.243 e. The normalized spacial score (nSPS) is 23.6. The lowest BCUT2D eigenvalue weighted by atomic mass is 9.91. The molecule has 2 amide bonds. The summed E-state index contributed by atoms with van der Waals surface area (Å²) in [5.41, 5.74) is 7.96. The number of nitrogens with one attached hydrogen (secondary N) is 1. The van der Waals surface area contributed by atoms with Crippen LogP contribution in [0.1, 0.15) is 33.4 Å². The number of nitrogens with zero attached hydrogens (tertiary/aromatic N) is 1. The number of carbonyl (C=O) groups is 3. The van der Waals surface area contributed by atoms with Crippen LogP contribution in [0.4, 0.5) is 0 Å². The molecular weight excluding hydrogens is 406 g/mol. The molecular formula is C25H33N3O4. The molecule has 2 aromatic rings. The fourth-order valence-corrected chi connectivity index (χ4v) is 4.20. The predicted molar refractivity (Wildman–Crippen MR) is 124 cm³/mol. The molecule has 1 saturated heterocycles. The average Bonchev–Trinajstić information content (AvgIpc) is 3.55. The van der Waals surface area contributed by atoms with Gasteiger partial charge in [0.2, 0.25) is 11.8 Å². The zero-order chi connectivity index (χ0) is 22.9. The third-order valence-corrected chi connectivity index (χ3v) is 6.24. The third kappa shape index (κ3) is 4.59. The van der Waals surface area contributed by atoms with Crippen LogP contribution in [0.3, 0.4) is 0 Å². The van der Waals surface area contributed by atoms with Gasteiger partial charge in [0.15, 0.2) is 5.78 Å². The first-order valence-corrected chi connectivity index (χ1v) is 10.9. The van der Waals surface area contributed by atoms with Gasteiger partial charge in [-0.05, 0) is 37.0 Å². The molecule has 0 aromatic heterocycles. The van der Waals surface area contributed by atoms with Crippen molar-refractivity contribution in [2.45, 2.75) is 57.0 Å². The molecule has 0 spiro atoms. The standard InChI is InChI=1S/C25H29N3O4.2H2/c1-16(26)24(31)28-14-19-11-7-6-10-18(19)13-21(28)23(30)27-20(22(29)25(2)15-32-25)12-17-8-4-3-5-9-17;;/h3-11,16,20-21H,12-15,26H2,1-2H3,(H,27,30);2*1H. The number of epoxide rings is 1. The van der Waals surface area contributed by atoms with Crippen LogP contribution in [0.2, 0.25) is 0 Å². The zero-order valence-corrected chi connectivity index (χ0v) is 18.4. The number of ketones is 1. The first kappa shape index (κ1) is 22.2. The second-order valence-electron chi connectivity index (χ2n) is 8.88. The number of Topliss-reactive ketones (excluding diaryl/α,β-unsaturated/α-hetero) is 1. The summed E-state index contributed by atoms with van der Waals surface area (Å²) in [7, 11) is 0. The monoisotopic (exact) mass is 439 g/mol. The van der Waals surface area contributed by atoms with Crippen LogP contribution in [0.5, 0.6) is 0 Å². The average molecular weight is 440 g/mol. The number of benzene rings is 2. The number of nitrogens with two attached hydrogens (primary N) is 1. The van der Waals surface area contributed by atoms with Crippen molar-refractivity contribution in [1.82, 2.24) is 10.2 Å². The SMILES string of the molecule is CC(N)C(=O)N1Cc2ccccc2CC1C(=O)NC(Cc1ccccc1)C(=O)C1(C)CO1.[HH].[HH]. The van der Waals surface area contributed by atoms with Crippen LogP contribution in [0.25, 0.3) is 0 Å². The Morgan fingerprint density at radius 2 is 1.78 bits per heavy atom. The minimum atomic E-state index is -0.868. The lowest BCUT2D eigenvalue weighted by Gasteiger charge is -2.37. The zero-order valence-electron chi connectivity index (χ0n) is 18.4. The van der Waals surface area contributed by atoms with Crippen molar-refractivity contribution in [3.05, 3.63) is 71.3 Å². The molecule has 2 aliphatic heterocycles. The smallest absolute Gasteiger partial charge is 0.243 e. The van der Waals surface area contributed by atoms with Crippen LogP contribution in [0.15, 0.2) is 54.6 Å². The van der Waals surface area contributed by atoms with Crippen molar-refractivity contribution in [3.63, 3.8) is 0 Å². The van der Waals surface area contributed by atoms with E-state index in [2.05, 4.69) is 5.32 Å². The van der Waals surface area contributed by atoms with Crippen molar-refractivity contribution in [3.8, 4) is 0 Å². The first-order valence-electron chi connectivity index (χ1n) is 10.9. The second kappa shape index (κ2) is 8.84. The quantitative estimate of drug-likeness (QED) is 0.641. The lowest BCUT2D eigenvalue weighted by molar-refractivity contribution is -0.143. The fraction of sp³-hybridized carbons (Fsp3) is 0.400. The van der Waals surface area contributed by atoms with Crippen molar-refractivity contribution in [1.29, 1.82) is 0 Å². The van der Waals surface area contributed by atoms with E-state index in [1.165, 1.54) is 4.90 Å². The largest absolute Gasteiger partial charge is 0.361 e. The summed E-state index contributed by atoms with van der Waals surface area (Å²) in [5.74, 6) is -0.800. The summed E-state index contributed by atoms with van der Waals surface area (Å²) in [5, 5.41) is 2.93. The molecule has 0 bridgehead atoms. The molecule has 4 atom stereocenters. The molecule has 7 nitrogen and oxygen atoms in total. The molecule has 4 unspecified atom stereocenters. The van der Waals surface area contributed by atoms with Gasteiger partial charge in [-0.1, -0.05) is 54.6 Å². The van der Waals surface area contributed by atoms with Crippen LogP contribution in [0, 0.1) is 0 Å². The van der Waals surface area contributed by atoms with E-state index in [0.717, 1.165) is 16.7 Å². The Bertz CT molecular complexity index is 1030. The minimum absolute atomic E-state index is 0. The molecule has 3 N–H and O–H groups in total. The number of carbonyl (C=O) groups excluding carboxylic acids is 3. The van der Waals surface area contributed by atoms with Gasteiger partial charge < -0.3 is 20.7 Å². The number of amides is 2. The Morgan fingerprint density at radius 1 is 1.16 bits per heavy atom. The maximum atomic E-state index is 13.5. The third-order valence-electron chi connectivity index (χ3n) is 6.24. The molecule has 2 aliphatic rings. The second-order valence-corrected chi connectivity index (χ2v) is 8.88. The fourth-order valence-electron chi connectivity index (χ4n) is 4.20.